The first-order valence-corrected chi connectivity index (χ1v) is 4.65. The van der Waals surface area contributed by atoms with Crippen molar-refractivity contribution in [3.05, 3.63) is 11.6 Å². The molecule has 0 aliphatic carbocycles. The van der Waals surface area contributed by atoms with Gasteiger partial charge in [0, 0.05) is 5.33 Å². The summed E-state index contributed by atoms with van der Waals surface area (Å²) in [5.41, 5.74) is 1.51. The monoisotopic (exact) mass is 190 g/mol. The minimum Gasteiger partial charge on any atom is -0.0883 e. The summed E-state index contributed by atoms with van der Waals surface area (Å²) in [4.78, 5) is 0. The maximum absolute atomic E-state index is 3.37. The summed E-state index contributed by atoms with van der Waals surface area (Å²) in [6.07, 6.45) is 6.13. The molecule has 0 radical (unpaired) electrons. The minimum atomic E-state index is 1.00. The van der Waals surface area contributed by atoms with E-state index < -0.39 is 0 Å². The third kappa shape index (κ3) is 6.10. The molecule has 0 fully saturated rings. The van der Waals surface area contributed by atoms with Crippen LogP contribution in [0.15, 0.2) is 11.6 Å². The second-order valence-electron chi connectivity index (χ2n) is 2.31. The highest BCUT2D eigenvalue weighted by Crippen LogP contribution is 2.05. The van der Waals surface area contributed by atoms with E-state index in [0.29, 0.717) is 0 Å². The predicted octanol–water partition coefficient (Wildman–Crippen LogP) is 3.52. The number of hydrogen-bond acceptors (Lipinski definition) is 0. The molecule has 0 aliphatic rings. The first-order valence-electron chi connectivity index (χ1n) is 3.52. The van der Waals surface area contributed by atoms with Gasteiger partial charge in [0.2, 0.25) is 0 Å². The fourth-order valence-corrected chi connectivity index (χ4v) is 1.24. The topological polar surface area (TPSA) is 0 Å². The van der Waals surface area contributed by atoms with Crippen molar-refractivity contribution in [2.75, 3.05) is 5.33 Å². The zero-order valence-corrected chi connectivity index (χ0v) is 7.87. The number of allylic oxidation sites excluding steroid dienone is 2. The van der Waals surface area contributed by atoms with Crippen molar-refractivity contribution in [2.24, 2.45) is 0 Å². The lowest BCUT2D eigenvalue weighted by molar-refractivity contribution is 0.786. The van der Waals surface area contributed by atoms with Crippen LogP contribution in [0.2, 0.25) is 0 Å². The van der Waals surface area contributed by atoms with E-state index in [2.05, 4.69) is 35.9 Å². The Morgan fingerprint density at radius 1 is 1.56 bits per heavy atom. The van der Waals surface area contributed by atoms with E-state index in [1.165, 1.54) is 24.8 Å². The van der Waals surface area contributed by atoms with Crippen LogP contribution in [0.1, 0.15) is 33.1 Å². The van der Waals surface area contributed by atoms with Gasteiger partial charge in [-0.05, 0) is 19.8 Å². The molecule has 1 heteroatoms. The number of unbranched alkanes of at least 4 members (excludes halogenated alkanes) is 1. The first kappa shape index (κ1) is 9.22. The molecule has 0 nitrogen and oxygen atoms in total. The van der Waals surface area contributed by atoms with Crippen molar-refractivity contribution in [1.82, 2.24) is 0 Å². The standard InChI is InChI=1S/C8H15Br/c1-3-4-5-8(2)6-7-9/h6H,3-5,7H2,1-2H3/b8-6+. The highest BCUT2D eigenvalue weighted by Gasteiger charge is 1.85. The van der Waals surface area contributed by atoms with Gasteiger partial charge in [0.15, 0.2) is 0 Å². The van der Waals surface area contributed by atoms with Gasteiger partial charge in [0.25, 0.3) is 0 Å². The fraction of sp³-hybridized carbons (Fsp3) is 0.750. The minimum absolute atomic E-state index is 1.00. The molecule has 0 heterocycles. The maximum atomic E-state index is 3.37. The van der Waals surface area contributed by atoms with E-state index >= 15 is 0 Å². The molecule has 0 aromatic carbocycles. The zero-order valence-electron chi connectivity index (χ0n) is 6.28. The van der Waals surface area contributed by atoms with Crippen LogP contribution >= 0.6 is 15.9 Å². The van der Waals surface area contributed by atoms with Crippen molar-refractivity contribution in [3.63, 3.8) is 0 Å². The summed E-state index contributed by atoms with van der Waals surface area (Å²) in [7, 11) is 0. The predicted molar refractivity (Wildman–Crippen MR) is 47.1 cm³/mol. The molecule has 0 atom stereocenters. The molecule has 0 amide bonds. The van der Waals surface area contributed by atoms with Gasteiger partial charge in [-0.25, -0.2) is 0 Å². The van der Waals surface area contributed by atoms with Gasteiger partial charge in [-0.15, -0.1) is 0 Å². The van der Waals surface area contributed by atoms with Crippen LogP contribution in [0.3, 0.4) is 0 Å². The molecule has 9 heavy (non-hydrogen) atoms. The molecule has 0 unspecified atom stereocenters. The highest BCUT2D eigenvalue weighted by molar-refractivity contribution is 9.09. The molecule has 0 aromatic rings. The number of rotatable bonds is 4. The summed E-state index contributed by atoms with van der Waals surface area (Å²) in [5.74, 6) is 0. The molecule has 54 valence electrons. The number of hydrogen-bond donors (Lipinski definition) is 0. The number of halogens is 1. The molecule has 0 bridgehead atoms. The van der Waals surface area contributed by atoms with E-state index in [-0.39, 0.29) is 0 Å². The first-order chi connectivity index (χ1) is 4.31. The summed E-state index contributed by atoms with van der Waals surface area (Å²) in [6, 6.07) is 0. The summed E-state index contributed by atoms with van der Waals surface area (Å²) >= 11 is 3.37. The molecule has 0 aromatic heterocycles. The van der Waals surface area contributed by atoms with Gasteiger partial charge in [-0.1, -0.05) is 40.9 Å². The third-order valence-electron chi connectivity index (χ3n) is 1.35. The Morgan fingerprint density at radius 2 is 2.22 bits per heavy atom. The molecule has 0 N–H and O–H groups in total. The van der Waals surface area contributed by atoms with E-state index in [0.717, 1.165) is 5.33 Å². The van der Waals surface area contributed by atoms with Crippen molar-refractivity contribution < 1.29 is 0 Å². The van der Waals surface area contributed by atoms with Gasteiger partial charge >= 0.3 is 0 Å². The normalized spacial score (nSPS) is 12.1. The summed E-state index contributed by atoms with van der Waals surface area (Å²) in [6.45, 7) is 4.42. The van der Waals surface area contributed by atoms with Crippen LogP contribution in [0.4, 0.5) is 0 Å². The Labute approximate surface area is 66.5 Å². The SMILES string of the molecule is CCCC/C(C)=C/CBr. The Kier molecular flexibility index (Phi) is 6.50. The molecule has 0 saturated heterocycles. The molecular weight excluding hydrogens is 176 g/mol. The van der Waals surface area contributed by atoms with Gasteiger partial charge < -0.3 is 0 Å². The van der Waals surface area contributed by atoms with Crippen molar-refractivity contribution in [3.8, 4) is 0 Å². The summed E-state index contributed by atoms with van der Waals surface area (Å²) < 4.78 is 0. The van der Waals surface area contributed by atoms with Crippen LogP contribution in [-0.4, -0.2) is 5.33 Å². The van der Waals surface area contributed by atoms with Gasteiger partial charge in [-0.2, -0.15) is 0 Å². The van der Waals surface area contributed by atoms with E-state index in [4.69, 9.17) is 0 Å². The molecule has 0 rings (SSSR count). The van der Waals surface area contributed by atoms with Crippen LogP contribution in [-0.2, 0) is 0 Å². The average Bonchev–Trinajstić information content (AvgIpc) is 1.85. The average molecular weight is 191 g/mol. The van der Waals surface area contributed by atoms with Crippen LogP contribution in [0.25, 0.3) is 0 Å². The Hall–Kier alpha value is 0.220. The van der Waals surface area contributed by atoms with Crippen molar-refractivity contribution in [1.29, 1.82) is 0 Å². The zero-order chi connectivity index (χ0) is 7.11. The molecule has 0 saturated carbocycles. The molecular formula is C8H15Br. The van der Waals surface area contributed by atoms with Crippen LogP contribution < -0.4 is 0 Å². The van der Waals surface area contributed by atoms with E-state index in [1.54, 1.807) is 0 Å². The van der Waals surface area contributed by atoms with Crippen LogP contribution in [0, 0.1) is 0 Å². The quantitative estimate of drug-likeness (QED) is 0.471. The Bertz CT molecular complexity index is 84.6. The third-order valence-corrected chi connectivity index (χ3v) is 1.67. The summed E-state index contributed by atoms with van der Waals surface area (Å²) in [5, 5.41) is 1.00. The molecule has 0 aliphatic heterocycles. The van der Waals surface area contributed by atoms with E-state index in [1.807, 2.05) is 0 Å². The largest absolute Gasteiger partial charge is 0.0883 e. The Morgan fingerprint density at radius 3 is 2.67 bits per heavy atom. The lowest BCUT2D eigenvalue weighted by Gasteiger charge is -1.95. The number of alkyl halides is 1. The van der Waals surface area contributed by atoms with Crippen LogP contribution in [0.5, 0.6) is 0 Å². The molecule has 0 spiro atoms. The van der Waals surface area contributed by atoms with Crippen molar-refractivity contribution in [2.45, 2.75) is 33.1 Å². The smallest absolute Gasteiger partial charge is 0.0214 e. The van der Waals surface area contributed by atoms with Crippen molar-refractivity contribution >= 4 is 15.9 Å². The van der Waals surface area contributed by atoms with Gasteiger partial charge in [-0.3, -0.25) is 0 Å². The van der Waals surface area contributed by atoms with Gasteiger partial charge in [0.1, 0.15) is 0 Å². The second-order valence-corrected chi connectivity index (χ2v) is 2.96. The highest BCUT2D eigenvalue weighted by atomic mass is 79.9. The lowest BCUT2D eigenvalue weighted by Crippen LogP contribution is -1.77. The van der Waals surface area contributed by atoms with E-state index in [9.17, 15) is 0 Å². The maximum Gasteiger partial charge on any atom is 0.0214 e. The van der Waals surface area contributed by atoms with Gasteiger partial charge in [0.05, 0.1) is 0 Å². The Balaban J connectivity index is 3.25. The second kappa shape index (κ2) is 6.34. The lowest BCUT2D eigenvalue weighted by atomic mass is 10.1. The fourth-order valence-electron chi connectivity index (χ4n) is 0.689.